The third kappa shape index (κ3) is 4.25. The Hall–Kier alpha value is -2.09. The molecule has 0 radical (unpaired) electrons. The van der Waals surface area contributed by atoms with E-state index in [0.29, 0.717) is 5.56 Å². The van der Waals surface area contributed by atoms with Crippen molar-refractivity contribution in [3.8, 4) is 0 Å². The lowest BCUT2D eigenvalue weighted by Gasteiger charge is -2.16. The molecule has 2 aromatic rings. The van der Waals surface area contributed by atoms with Crippen LogP contribution < -0.4 is 5.32 Å². The van der Waals surface area contributed by atoms with Crippen molar-refractivity contribution in [2.45, 2.75) is 35.5 Å². The fourth-order valence-corrected chi connectivity index (χ4v) is 3.02. The van der Waals surface area contributed by atoms with E-state index < -0.39 is 17.1 Å². The molecule has 1 N–H and O–H groups in total. The molecule has 1 heterocycles. The Balaban J connectivity index is 1.85. The third-order valence-electron chi connectivity index (χ3n) is 3.41. The maximum absolute atomic E-state index is 12.8. The van der Waals surface area contributed by atoms with Crippen LogP contribution >= 0.6 is 11.8 Å². The molecule has 126 valence electrons. The molecule has 0 unspecified atom stereocenters. The van der Waals surface area contributed by atoms with E-state index in [0.717, 1.165) is 36.9 Å². The number of aromatic nitrogens is 2. The van der Waals surface area contributed by atoms with Crippen molar-refractivity contribution in [2.24, 2.45) is 0 Å². The van der Waals surface area contributed by atoms with E-state index in [4.69, 9.17) is 0 Å². The van der Waals surface area contributed by atoms with Crippen LogP contribution in [0.2, 0.25) is 0 Å². The maximum Gasteiger partial charge on any atom is 0.433 e. The standard InChI is InChI=1S/C16H14F3N3OS/c17-16(18,19)12-8-9-20-15(22-12)24-13(10-4-2-1-3-5-10)14(23)21-11-6-7-11/h1-5,8-9,11,13H,6-7H2,(H,21,23)/t13-/m1/s1. The lowest BCUT2D eigenvalue weighted by molar-refractivity contribution is -0.141. The van der Waals surface area contributed by atoms with Gasteiger partial charge < -0.3 is 5.32 Å². The van der Waals surface area contributed by atoms with Crippen LogP contribution in [0, 0.1) is 0 Å². The van der Waals surface area contributed by atoms with Crippen molar-refractivity contribution in [3.63, 3.8) is 0 Å². The zero-order valence-electron chi connectivity index (χ0n) is 12.5. The zero-order valence-corrected chi connectivity index (χ0v) is 13.3. The number of hydrogen-bond donors (Lipinski definition) is 1. The van der Waals surface area contributed by atoms with Gasteiger partial charge in [0.15, 0.2) is 5.16 Å². The topological polar surface area (TPSA) is 54.9 Å². The molecule has 4 nitrogen and oxygen atoms in total. The van der Waals surface area contributed by atoms with Crippen LogP contribution in [0.15, 0.2) is 47.8 Å². The number of alkyl halides is 3. The predicted molar refractivity (Wildman–Crippen MR) is 83.2 cm³/mol. The normalized spacial score (nSPS) is 15.8. The summed E-state index contributed by atoms with van der Waals surface area (Å²) in [6.07, 6.45) is -1.63. The number of nitrogens with one attached hydrogen (secondary N) is 1. The minimum atomic E-state index is -4.54. The highest BCUT2D eigenvalue weighted by Gasteiger charge is 2.34. The van der Waals surface area contributed by atoms with Gasteiger partial charge in [0.05, 0.1) is 0 Å². The number of halogens is 3. The van der Waals surface area contributed by atoms with Crippen molar-refractivity contribution >= 4 is 17.7 Å². The average Bonchev–Trinajstić information content (AvgIpc) is 3.37. The van der Waals surface area contributed by atoms with Crippen LogP contribution in [-0.4, -0.2) is 21.9 Å². The third-order valence-corrected chi connectivity index (χ3v) is 4.54. The predicted octanol–water partition coefficient (Wildman–Crippen LogP) is 3.61. The minimum absolute atomic E-state index is 0.0791. The Kier molecular flexibility index (Phi) is 4.75. The molecule has 0 bridgehead atoms. The monoisotopic (exact) mass is 353 g/mol. The molecular weight excluding hydrogens is 339 g/mol. The van der Waals surface area contributed by atoms with Crippen LogP contribution in [0.1, 0.15) is 29.3 Å². The molecule has 1 aliphatic carbocycles. The van der Waals surface area contributed by atoms with Gasteiger partial charge in [0.25, 0.3) is 0 Å². The van der Waals surface area contributed by atoms with Gasteiger partial charge >= 0.3 is 6.18 Å². The Bertz CT molecular complexity index is 720. The molecule has 0 aliphatic heterocycles. The molecule has 24 heavy (non-hydrogen) atoms. The van der Waals surface area contributed by atoms with Crippen LogP contribution in [0.5, 0.6) is 0 Å². The van der Waals surface area contributed by atoms with E-state index in [1.165, 1.54) is 0 Å². The van der Waals surface area contributed by atoms with Gasteiger partial charge in [-0.2, -0.15) is 13.2 Å². The lowest BCUT2D eigenvalue weighted by atomic mass is 10.1. The molecule has 1 aliphatic rings. The van der Waals surface area contributed by atoms with Gasteiger partial charge in [-0.05, 0) is 24.5 Å². The first-order chi connectivity index (χ1) is 11.4. The van der Waals surface area contributed by atoms with Crippen LogP contribution in [0.4, 0.5) is 13.2 Å². The number of rotatable bonds is 5. The Morgan fingerprint density at radius 3 is 2.54 bits per heavy atom. The van der Waals surface area contributed by atoms with Gasteiger partial charge in [0.1, 0.15) is 10.9 Å². The fraction of sp³-hybridized carbons (Fsp3) is 0.312. The average molecular weight is 353 g/mol. The van der Waals surface area contributed by atoms with Crippen molar-refractivity contribution < 1.29 is 18.0 Å². The Labute approximate surface area is 140 Å². The summed E-state index contributed by atoms with van der Waals surface area (Å²) in [6.45, 7) is 0. The van der Waals surface area contributed by atoms with Crippen molar-refractivity contribution in [1.29, 1.82) is 0 Å². The van der Waals surface area contributed by atoms with E-state index in [1.54, 1.807) is 24.3 Å². The maximum atomic E-state index is 12.8. The highest BCUT2D eigenvalue weighted by atomic mass is 32.2. The van der Waals surface area contributed by atoms with Crippen LogP contribution in [0.25, 0.3) is 0 Å². The fourth-order valence-electron chi connectivity index (χ4n) is 2.07. The molecule has 8 heteroatoms. The summed E-state index contributed by atoms with van der Waals surface area (Å²) in [5.41, 5.74) is -0.323. The summed E-state index contributed by atoms with van der Waals surface area (Å²) in [5.74, 6) is -0.241. The molecule has 3 rings (SSSR count). The number of hydrogen-bond acceptors (Lipinski definition) is 4. The zero-order chi connectivity index (χ0) is 17.2. The van der Waals surface area contributed by atoms with Gasteiger partial charge in [-0.25, -0.2) is 9.97 Å². The molecule has 1 amide bonds. The summed E-state index contributed by atoms with van der Waals surface area (Å²) in [4.78, 5) is 19.9. The van der Waals surface area contributed by atoms with E-state index >= 15 is 0 Å². The quantitative estimate of drug-likeness (QED) is 0.659. The summed E-state index contributed by atoms with van der Waals surface area (Å²) < 4.78 is 38.4. The summed E-state index contributed by atoms with van der Waals surface area (Å²) in [5, 5.41) is 2.10. The number of thioether (sulfide) groups is 1. The second-order valence-corrected chi connectivity index (χ2v) is 6.49. The summed E-state index contributed by atoms with van der Waals surface area (Å²) >= 11 is 0.916. The van der Waals surface area contributed by atoms with Gasteiger partial charge in [-0.15, -0.1) is 0 Å². The Morgan fingerprint density at radius 1 is 1.21 bits per heavy atom. The molecule has 1 atom stereocenters. The van der Waals surface area contributed by atoms with Crippen LogP contribution in [-0.2, 0) is 11.0 Å². The molecular formula is C16H14F3N3OS. The second-order valence-electron chi connectivity index (χ2n) is 5.41. The van der Waals surface area contributed by atoms with E-state index in [1.807, 2.05) is 6.07 Å². The number of carbonyl (C=O) groups excluding carboxylic acids is 1. The van der Waals surface area contributed by atoms with Crippen molar-refractivity contribution in [2.75, 3.05) is 0 Å². The van der Waals surface area contributed by atoms with Gasteiger partial charge in [0, 0.05) is 12.2 Å². The van der Waals surface area contributed by atoms with Crippen molar-refractivity contribution in [1.82, 2.24) is 15.3 Å². The number of benzene rings is 1. The van der Waals surface area contributed by atoms with Gasteiger partial charge in [-0.1, -0.05) is 42.1 Å². The Morgan fingerprint density at radius 2 is 1.92 bits per heavy atom. The smallest absolute Gasteiger partial charge is 0.352 e. The first kappa shape index (κ1) is 16.8. The largest absolute Gasteiger partial charge is 0.433 e. The minimum Gasteiger partial charge on any atom is -0.352 e. The van der Waals surface area contributed by atoms with E-state index in [9.17, 15) is 18.0 Å². The first-order valence-electron chi connectivity index (χ1n) is 7.36. The first-order valence-corrected chi connectivity index (χ1v) is 8.23. The molecule has 1 saturated carbocycles. The summed E-state index contributed by atoms with van der Waals surface area (Å²) in [7, 11) is 0. The highest BCUT2D eigenvalue weighted by Crippen LogP contribution is 2.36. The van der Waals surface area contributed by atoms with Gasteiger partial charge in [0.2, 0.25) is 5.91 Å². The molecule has 0 saturated heterocycles. The second kappa shape index (κ2) is 6.80. The number of nitrogens with zero attached hydrogens (tertiary/aromatic N) is 2. The van der Waals surface area contributed by atoms with E-state index in [2.05, 4.69) is 15.3 Å². The number of carbonyl (C=O) groups is 1. The molecule has 1 aromatic carbocycles. The SMILES string of the molecule is O=C(NC1CC1)[C@H](Sc1nccc(C(F)(F)F)n1)c1ccccc1. The highest BCUT2D eigenvalue weighted by molar-refractivity contribution is 8.00. The summed E-state index contributed by atoms with van der Waals surface area (Å²) in [6, 6.07) is 9.86. The lowest BCUT2D eigenvalue weighted by Crippen LogP contribution is -2.29. The molecule has 1 aromatic heterocycles. The van der Waals surface area contributed by atoms with Crippen molar-refractivity contribution in [3.05, 3.63) is 53.9 Å². The van der Waals surface area contributed by atoms with E-state index in [-0.39, 0.29) is 17.1 Å². The molecule has 0 spiro atoms. The number of amides is 1. The van der Waals surface area contributed by atoms with Gasteiger partial charge in [-0.3, -0.25) is 4.79 Å². The molecule has 1 fully saturated rings. The van der Waals surface area contributed by atoms with Crippen LogP contribution in [0.3, 0.4) is 0 Å².